The molecule has 0 bridgehead atoms. The molecule has 2 aromatic rings. The number of nitrogens with zero attached hydrogens (tertiary/aromatic N) is 1. The third-order valence-electron chi connectivity index (χ3n) is 5.13. The first-order valence-corrected chi connectivity index (χ1v) is 9.19. The van der Waals surface area contributed by atoms with E-state index in [2.05, 4.69) is 46.0 Å². The van der Waals surface area contributed by atoms with Crippen LogP contribution >= 0.6 is 11.3 Å². The number of carbonyl (C=O) groups is 1. The number of thiophene rings is 1. The third-order valence-corrected chi connectivity index (χ3v) is 5.83. The van der Waals surface area contributed by atoms with Crippen LogP contribution in [0.4, 0.5) is 0 Å². The highest BCUT2D eigenvalue weighted by atomic mass is 32.1. The van der Waals surface area contributed by atoms with Crippen molar-refractivity contribution in [3.05, 3.63) is 57.8 Å². The van der Waals surface area contributed by atoms with E-state index in [1.807, 2.05) is 0 Å². The Bertz CT molecular complexity index is 664. The quantitative estimate of drug-likeness (QED) is 0.798. The Balaban J connectivity index is 1.62. The second kappa shape index (κ2) is 5.88. The van der Waals surface area contributed by atoms with Crippen LogP contribution in [0, 0.1) is 0 Å². The van der Waals surface area contributed by atoms with Crippen molar-refractivity contribution in [2.24, 2.45) is 0 Å². The third kappa shape index (κ3) is 2.38. The first kappa shape index (κ1) is 14.0. The number of hydrogen-bond donors (Lipinski definition) is 0. The number of rotatable bonds is 2. The number of fused-ring (bicyclic) bond motifs is 1. The van der Waals surface area contributed by atoms with E-state index in [0.29, 0.717) is 11.9 Å². The highest BCUT2D eigenvalue weighted by molar-refractivity contribution is 7.07. The molecule has 0 saturated carbocycles. The number of carbonyl (C=O) groups excluding carboxylic acids is 1. The van der Waals surface area contributed by atoms with E-state index >= 15 is 0 Å². The predicted octanol–water partition coefficient (Wildman–Crippen LogP) is 4.53. The average molecular weight is 311 g/mol. The fourth-order valence-corrected chi connectivity index (χ4v) is 4.76. The van der Waals surface area contributed by atoms with Gasteiger partial charge in [0.1, 0.15) is 0 Å². The van der Waals surface area contributed by atoms with Crippen molar-refractivity contribution in [3.8, 4) is 0 Å². The van der Waals surface area contributed by atoms with Crippen molar-refractivity contribution in [1.82, 2.24) is 4.90 Å². The Morgan fingerprint density at radius 2 is 2.05 bits per heavy atom. The number of benzene rings is 1. The van der Waals surface area contributed by atoms with Gasteiger partial charge in [-0.1, -0.05) is 24.3 Å². The molecule has 2 atom stereocenters. The van der Waals surface area contributed by atoms with Crippen molar-refractivity contribution >= 4 is 17.2 Å². The van der Waals surface area contributed by atoms with Crippen molar-refractivity contribution in [2.75, 3.05) is 6.54 Å². The van der Waals surface area contributed by atoms with Gasteiger partial charge in [0.05, 0.1) is 12.0 Å². The first-order chi connectivity index (χ1) is 10.8. The molecule has 0 N–H and O–H groups in total. The Morgan fingerprint density at radius 3 is 2.91 bits per heavy atom. The second-order valence-electron chi connectivity index (χ2n) is 6.39. The van der Waals surface area contributed by atoms with Crippen LogP contribution in [0.25, 0.3) is 0 Å². The molecule has 2 nitrogen and oxygen atoms in total. The van der Waals surface area contributed by atoms with Gasteiger partial charge < -0.3 is 4.90 Å². The maximum atomic E-state index is 13.2. The van der Waals surface area contributed by atoms with Crippen LogP contribution in [-0.4, -0.2) is 17.4 Å². The SMILES string of the molecule is O=C([C@@H]1CCCc2ccccc21)N1CCC[C@H]1c1ccsc1. The molecule has 114 valence electrons. The van der Waals surface area contributed by atoms with E-state index in [9.17, 15) is 4.79 Å². The van der Waals surface area contributed by atoms with E-state index in [1.54, 1.807) is 11.3 Å². The predicted molar refractivity (Wildman–Crippen MR) is 90.1 cm³/mol. The lowest BCUT2D eigenvalue weighted by molar-refractivity contribution is -0.134. The molecule has 2 heterocycles. The topological polar surface area (TPSA) is 20.3 Å². The number of amides is 1. The first-order valence-electron chi connectivity index (χ1n) is 8.25. The molecule has 1 aromatic heterocycles. The Labute approximate surface area is 135 Å². The van der Waals surface area contributed by atoms with Gasteiger partial charge in [0.2, 0.25) is 5.91 Å². The lowest BCUT2D eigenvalue weighted by Gasteiger charge is -2.32. The maximum Gasteiger partial charge on any atom is 0.230 e. The van der Waals surface area contributed by atoms with Crippen LogP contribution in [0.3, 0.4) is 0 Å². The van der Waals surface area contributed by atoms with Crippen molar-refractivity contribution in [1.29, 1.82) is 0 Å². The van der Waals surface area contributed by atoms with E-state index in [-0.39, 0.29) is 5.92 Å². The van der Waals surface area contributed by atoms with Gasteiger partial charge in [-0.15, -0.1) is 0 Å². The summed E-state index contributed by atoms with van der Waals surface area (Å²) in [5.74, 6) is 0.421. The van der Waals surface area contributed by atoms with E-state index in [4.69, 9.17) is 0 Å². The van der Waals surface area contributed by atoms with Crippen LogP contribution in [-0.2, 0) is 11.2 Å². The van der Waals surface area contributed by atoms with Gasteiger partial charge in [0, 0.05) is 6.54 Å². The van der Waals surface area contributed by atoms with Gasteiger partial charge >= 0.3 is 0 Å². The molecule has 1 aromatic carbocycles. The van der Waals surface area contributed by atoms with Gasteiger partial charge in [-0.2, -0.15) is 11.3 Å². The highest BCUT2D eigenvalue weighted by Crippen LogP contribution is 2.39. The van der Waals surface area contributed by atoms with Gasteiger partial charge in [-0.3, -0.25) is 4.79 Å². The van der Waals surface area contributed by atoms with Crippen molar-refractivity contribution in [2.45, 2.75) is 44.1 Å². The molecule has 0 spiro atoms. The minimum atomic E-state index is 0.0733. The lowest BCUT2D eigenvalue weighted by Crippen LogP contribution is -2.35. The van der Waals surface area contributed by atoms with Crippen molar-refractivity contribution in [3.63, 3.8) is 0 Å². The maximum absolute atomic E-state index is 13.2. The van der Waals surface area contributed by atoms with Crippen LogP contribution in [0.5, 0.6) is 0 Å². The molecule has 0 unspecified atom stereocenters. The molecule has 1 fully saturated rings. The molecule has 1 amide bonds. The average Bonchev–Trinajstić information content (AvgIpc) is 3.24. The highest BCUT2D eigenvalue weighted by Gasteiger charge is 2.36. The Morgan fingerprint density at radius 1 is 1.14 bits per heavy atom. The zero-order valence-corrected chi connectivity index (χ0v) is 13.5. The monoisotopic (exact) mass is 311 g/mol. The minimum Gasteiger partial charge on any atom is -0.335 e. The normalized spacial score (nSPS) is 24.3. The fourth-order valence-electron chi connectivity index (χ4n) is 4.05. The van der Waals surface area contributed by atoms with Gasteiger partial charge in [-0.25, -0.2) is 0 Å². The molecule has 1 aliphatic carbocycles. The summed E-state index contributed by atoms with van der Waals surface area (Å²) >= 11 is 1.73. The van der Waals surface area contributed by atoms with Crippen LogP contribution in [0.15, 0.2) is 41.1 Å². The molecule has 0 radical (unpaired) electrons. The lowest BCUT2D eigenvalue weighted by atomic mass is 9.82. The summed E-state index contributed by atoms with van der Waals surface area (Å²) in [6, 6.07) is 11.0. The summed E-state index contributed by atoms with van der Waals surface area (Å²) in [6.07, 6.45) is 5.48. The summed E-state index contributed by atoms with van der Waals surface area (Å²) in [6.45, 7) is 0.915. The van der Waals surface area contributed by atoms with Gasteiger partial charge in [0.25, 0.3) is 0 Å². The summed E-state index contributed by atoms with van der Waals surface area (Å²) in [4.78, 5) is 15.3. The molecule has 1 aliphatic heterocycles. The Kier molecular flexibility index (Phi) is 3.75. The Hall–Kier alpha value is -1.61. The number of likely N-dealkylation sites (tertiary alicyclic amines) is 1. The van der Waals surface area contributed by atoms with Crippen molar-refractivity contribution < 1.29 is 4.79 Å². The smallest absolute Gasteiger partial charge is 0.230 e. The summed E-state index contributed by atoms with van der Waals surface area (Å²) in [7, 11) is 0. The van der Waals surface area contributed by atoms with Crippen LogP contribution in [0.1, 0.15) is 54.3 Å². The van der Waals surface area contributed by atoms with Gasteiger partial charge in [0.15, 0.2) is 0 Å². The molecule has 22 heavy (non-hydrogen) atoms. The zero-order chi connectivity index (χ0) is 14.9. The van der Waals surface area contributed by atoms with Crippen LogP contribution in [0.2, 0.25) is 0 Å². The fraction of sp³-hybridized carbons (Fsp3) is 0.421. The molecule has 3 heteroatoms. The summed E-state index contributed by atoms with van der Waals surface area (Å²) in [5.41, 5.74) is 3.97. The van der Waals surface area contributed by atoms with Gasteiger partial charge in [-0.05, 0) is 65.6 Å². The standard InChI is InChI=1S/C19H21NOS/c21-19(17-8-3-6-14-5-1-2-7-16(14)17)20-11-4-9-18(20)15-10-12-22-13-15/h1-2,5,7,10,12-13,17-18H,3-4,6,8-9,11H2/t17-,18+/m1/s1. The summed E-state index contributed by atoms with van der Waals surface area (Å²) < 4.78 is 0. The molecule has 2 aliphatic rings. The van der Waals surface area contributed by atoms with Crippen LogP contribution < -0.4 is 0 Å². The molecule has 4 rings (SSSR count). The molecular weight excluding hydrogens is 290 g/mol. The zero-order valence-electron chi connectivity index (χ0n) is 12.7. The second-order valence-corrected chi connectivity index (χ2v) is 7.17. The largest absolute Gasteiger partial charge is 0.335 e. The van der Waals surface area contributed by atoms with E-state index in [1.165, 1.54) is 16.7 Å². The summed E-state index contributed by atoms with van der Waals surface area (Å²) in [5, 5.41) is 4.32. The number of hydrogen-bond acceptors (Lipinski definition) is 2. The number of aryl methyl sites for hydroxylation is 1. The molecular formula is C19H21NOS. The van der Waals surface area contributed by atoms with E-state index in [0.717, 1.165) is 38.6 Å². The van der Waals surface area contributed by atoms with E-state index < -0.39 is 0 Å². The minimum absolute atomic E-state index is 0.0733. The molecule has 1 saturated heterocycles.